The van der Waals surface area contributed by atoms with Gasteiger partial charge in [-0.15, -0.1) is 0 Å². The zero-order chi connectivity index (χ0) is 16.2. The Hall–Kier alpha value is -2.54. The second-order valence-corrected chi connectivity index (χ2v) is 5.70. The number of pyridine rings is 1. The number of hydrogen-bond acceptors (Lipinski definition) is 3. The highest BCUT2D eigenvalue weighted by Gasteiger charge is 2.12. The minimum absolute atomic E-state index is 0.278. The Morgan fingerprint density at radius 1 is 1.26 bits per heavy atom. The Labute approximate surface area is 140 Å². The highest BCUT2D eigenvalue weighted by molar-refractivity contribution is 9.10. The Morgan fingerprint density at radius 2 is 2.04 bits per heavy atom. The van der Waals surface area contributed by atoms with Crippen LogP contribution < -0.4 is 5.32 Å². The molecule has 0 fully saturated rings. The van der Waals surface area contributed by atoms with Crippen LogP contribution in [0.1, 0.15) is 15.9 Å². The third-order valence-corrected chi connectivity index (χ3v) is 3.71. The molecule has 3 rings (SSSR count). The molecule has 1 amide bonds. The Balaban J connectivity index is 1.73. The summed E-state index contributed by atoms with van der Waals surface area (Å²) < 4.78 is 15.2. The first-order valence-corrected chi connectivity index (χ1v) is 7.60. The average molecular weight is 375 g/mol. The lowest BCUT2D eigenvalue weighted by Gasteiger charge is -2.03. The van der Waals surface area contributed by atoms with E-state index in [4.69, 9.17) is 0 Å². The van der Waals surface area contributed by atoms with Crippen molar-refractivity contribution in [1.29, 1.82) is 0 Å². The Kier molecular flexibility index (Phi) is 4.47. The topological polar surface area (TPSA) is 59.8 Å². The maximum atomic E-state index is 12.9. The van der Waals surface area contributed by atoms with E-state index >= 15 is 0 Å². The molecule has 0 unspecified atom stereocenters. The molecule has 7 heteroatoms. The molecule has 0 aliphatic heterocycles. The maximum Gasteiger partial charge on any atom is 0.258 e. The Bertz CT molecular complexity index is 818. The number of nitrogens with one attached hydrogen (secondary N) is 1. The van der Waals surface area contributed by atoms with Gasteiger partial charge in [0.25, 0.3) is 5.91 Å². The fourth-order valence-electron chi connectivity index (χ4n) is 2.02. The zero-order valence-corrected chi connectivity index (χ0v) is 13.5. The van der Waals surface area contributed by atoms with Crippen LogP contribution in [0, 0.1) is 5.82 Å². The van der Waals surface area contributed by atoms with Crippen LogP contribution in [0.25, 0.3) is 0 Å². The third-order valence-electron chi connectivity index (χ3n) is 3.13. The second-order valence-electron chi connectivity index (χ2n) is 4.85. The van der Waals surface area contributed by atoms with Gasteiger partial charge in [0.15, 0.2) is 5.82 Å². The van der Waals surface area contributed by atoms with Crippen molar-refractivity contribution in [3.63, 3.8) is 0 Å². The van der Waals surface area contributed by atoms with Gasteiger partial charge in [-0.1, -0.05) is 12.1 Å². The molecular formula is C16H12BrFN4O. The summed E-state index contributed by atoms with van der Waals surface area (Å²) in [4.78, 5) is 16.0. The molecule has 0 aliphatic rings. The van der Waals surface area contributed by atoms with E-state index in [1.807, 2.05) is 0 Å². The van der Waals surface area contributed by atoms with Crippen molar-refractivity contribution in [1.82, 2.24) is 14.8 Å². The fraction of sp³-hybridized carbons (Fsp3) is 0.0625. The van der Waals surface area contributed by atoms with Gasteiger partial charge in [0.2, 0.25) is 0 Å². The van der Waals surface area contributed by atoms with E-state index in [0.29, 0.717) is 22.4 Å². The maximum absolute atomic E-state index is 12.9. The fourth-order valence-corrected chi connectivity index (χ4v) is 2.43. The summed E-state index contributed by atoms with van der Waals surface area (Å²) >= 11 is 3.37. The van der Waals surface area contributed by atoms with E-state index < -0.39 is 0 Å². The van der Waals surface area contributed by atoms with Gasteiger partial charge in [-0.05, 0) is 45.8 Å². The predicted molar refractivity (Wildman–Crippen MR) is 87.6 cm³/mol. The minimum atomic E-state index is -0.286. The molecule has 1 N–H and O–H groups in total. The number of anilines is 1. The largest absolute Gasteiger partial charge is 0.304 e. The standard InChI is InChI=1S/C16H12BrFN4O/c17-14-10-22(9-11-3-5-13(18)6-4-11)21-15(14)20-16(23)12-2-1-7-19-8-12/h1-8,10H,9H2,(H,20,21,23). The molecule has 1 aromatic carbocycles. The zero-order valence-electron chi connectivity index (χ0n) is 11.9. The summed E-state index contributed by atoms with van der Waals surface area (Å²) in [7, 11) is 0. The lowest BCUT2D eigenvalue weighted by Crippen LogP contribution is -2.13. The number of nitrogens with zero attached hydrogens (tertiary/aromatic N) is 3. The third kappa shape index (κ3) is 3.81. The number of carbonyl (C=O) groups excluding carboxylic acids is 1. The van der Waals surface area contributed by atoms with Gasteiger partial charge in [0.05, 0.1) is 16.6 Å². The summed E-state index contributed by atoms with van der Waals surface area (Å²) in [6.45, 7) is 0.474. The molecule has 5 nitrogen and oxygen atoms in total. The number of amides is 1. The summed E-state index contributed by atoms with van der Waals surface area (Å²) in [5.74, 6) is -0.147. The van der Waals surface area contributed by atoms with Crippen molar-refractivity contribution < 1.29 is 9.18 Å². The lowest BCUT2D eigenvalue weighted by atomic mass is 10.2. The van der Waals surface area contributed by atoms with E-state index in [1.165, 1.54) is 18.3 Å². The van der Waals surface area contributed by atoms with Gasteiger partial charge in [-0.2, -0.15) is 5.10 Å². The van der Waals surface area contributed by atoms with Gasteiger partial charge in [-0.25, -0.2) is 4.39 Å². The van der Waals surface area contributed by atoms with Gasteiger partial charge in [0.1, 0.15) is 5.82 Å². The average Bonchev–Trinajstić information content (AvgIpc) is 2.90. The molecular weight excluding hydrogens is 363 g/mol. The van der Waals surface area contributed by atoms with E-state index in [9.17, 15) is 9.18 Å². The smallest absolute Gasteiger partial charge is 0.258 e. The minimum Gasteiger partial charge on any atom is -0.304 e. The van der Waals surface area contributed by atoms with Crippen molar-refractivity contribution in [3.05, 3.63) is 76.4 Å². The summed E-state index contributed by atoms with van der Waals surface area (Å²) in [5, 5.41) is 7.04. The van der Waals surface area contributed by atoms with Crippen LogP contribution in [0.4, 0.5) is 10.2 Å². The van der Waals surface area contributed by atoms with Gasteiger partial charge < -0.3 is 5.32 Å². The van der Waals surface area contributed by atoms with Crippen LogP contribution in [0.3, 0.4) is 0 Å². The van der Waals surface area contributed by atoms with Crippen molar-refractivity contribution >= 4 is 27.7 Å². The van der Waals surface area contributed by atoms with Crippen LogP contribution in [-0.4, -0.2) is 20.7 Å². The van der Waals surface area contributed by atoms with Crippen molar-refractivity contribution in [2.45, 2.75) is 6.54 Å². The molecule has 0 atom stereocenters. The number of rotatable bonds is 4. The van der Waals surface area contributed by atoms with E-state index in [0.717, 1.165) is 5.56 Å². The molecule has 116 valence electrons. The number of benzene rings is 1. The second kappa shape index (κ2) is 6.70. The molecule has 3 aromatic rings. The monoisotopic (exact) mass is 374 g/mol. The molecule has 0 spiro atoms. The predicted octanol–water partition coefficient (Wildman–Crippen LogP) is 3.48. The summed E-state index contributed by atoms with van der Waals surface area (Å²) in [6, 6.07) is 9.55. The molecule has 23 heavy (non-hydrogen) atoms. The van der Waals surface area contributed by atoms with Gasteiger partial charge in [0, 0.05) is 18.6 Å². The van der Waals surface area contributed by atoms with Crippen LogP contribution in [-0.2, 0) is 6.54 Å². The molecule has 0 bridgehead atoms. The first-order chi connectivity index (χ1) is 11.1. The molecule has 0 radical (unpaired) electrons. The first kappa shape index (κ1) is 15.4. The quantitative estimate of drug-likeness (QED) is 0.760. The summed E-state index contributed by atoms with van der Waals surface area (Å²) in [6.07, 6.45) is 4.84. The van der Waals surface area contributed by atoms with Crippen LogP contribution in [0.15, 0.2) is 59.5 Å². The van der Waals surface area contributed by atoms with Crippen molar-refractivity contribution in [2.75, 3.05) is 5.32 Å². The Morgan fingerprint density at radius 3 is 2.74 bits per heavy atom. The molecule has 0 aliphatic carbocycles. The number of hydrogen-bond donors (Lipinski definition) is 1. The van der Waals surface area contributed by atoms with E-state index in [2.05, 4.69) is 31.3 Å². The number of aromatic nitrogens is 3. The normalized spacial score (nSPS) is 10.5. The number of halogens is 2. The van der Waals surface area contributed by atoms with E-state index in [-0.39, 0.29) is 11.7 Å². The highest BCUT2D eigenvalue weighted by atomic mass is 79.9. The molecule has 0 saturated carbocycles. The number of carbonyl (C=O) groups is 1. The lowest BCUT2D eigenvalue weighted by molar-refractivity contribution is 0.102. The van der Waals surface area contributed by atoms with Crippen LogP contribution in [0.5, 0.6) is 0 Å². The van der Waals surface area contributed by atoms with Gasteiger partial charge >= 0.3 is 0 Å². The SMILES string of the molecule is O=C(Nc1nn(Cc2ccc(F)cc2)cc1Br)c1cccnc1. The molecule has 2 aromatic heterocycles. The van der Waals surface area contributed by atoms with Gasteiger partial charge in [-0.3, -0.25) is 14.5 Å². The van der Waals surface area contributed by atoms with E-state index in [1.54, 1.807) is 41.3 Å². The van der Waals surface area contributed by atoms with Crippen molar-refractivity contribution in [3.8, 4) is 0 Å². The summed E-state index contributed by atoms with van der Waals surface area (Å²) in [5.41, 5.74) is 1.36. The van der Waals surface area contributed by atoms with Crippen LogP contribution >= 0.6 is 15.9 Å². The van der Waals surface area contributed by atoms with Crippen molar-refractivity contribution in [2.24, 2.45) is 0 Å². The first-order valence-electron chi connectivity index (χ1n) is 6.80. The molecule has 0 saturated heterocycles. The molecule has 2 heterocycles. The van der Waals surface area contributed by atoms with Crippen LogP contribution in [0.2, 0.25) is 0 Å². The highest BCUT2D eigenvalue weighted by Crippen LogP contribution is 2.21.